The lowest BCUT2D eigenvalue weighted by Crippen LogP contribution is -2.78. The van der Waals surface area contributed by atoms with E-state index >= 15 is 4.39 Å². The smallest absolute Gasteiger partial charge is 0.252 e. The largest absolute Gasteiger partial charge is 0.359 e. The van der Waals surface area contributed by atoms with E-state index in [2.05, 4.69) is 38.8 Å². The maximum Gasteiger partial charge on any atom is 0.252 e. The van der Waals surface area contributed by atoms with Gasteiger partial charge in [0.25, 0.3) is 5.91 Å². The number of amides is 1. The normalized spacial score (nSPS) is 19.1. The van der Waals surface area contributed by atoms with E-state index in [0.29, 0.717) is 5.82 Å². The third-order valence-corrected chi connectivity index (χ3v) is 8.12. The van der Waals surface area contributed by atoms with Crippen molar-refractivity contribution in [3.63, 3.8) is 0 Å². The molecule has 0 atom stereocenters. The molecule has 2 aromatic rings. The van der Waals surface area contributed by atoms with Crippen molar-refractivity contribution in [3.05, 3.63) is 58.4 Å². The van der Waals surface area contributed by atoms with Gasteiger partial charge in [-0.05, 0) is 52.6 Å². The Morgan fingerprint density at radius 2 is 1.47 bits per heavy atom. The van der Waals surface area contributed by atoms with Gasteiger partial charge in [-0.1, -0.05) is 16.7 Å². The molecule has 3 rings (SSSR count). The summed E-state index contributed by atoms with van der Waals surface area (Å²) in [6, 6.07) is 3.94. The molecule has 0 aliphatic carbocycles. The van der Waals surface area contributed by atoms with Gasteiger partial charge in [0.15, 0.2) is 0 Å². The van der Waals surface area contributed by atoms with Crippen LogP contribution in [0.2, 0.25) is 5.02 Å². The average molecular weight is 525 g/mol. The van der Waals surface area contributed by atoms with Gasteiger partial charge < -0.3 is 10.2 Å². The van der Waals surface area contributed by atoms with Crippen LogP contribution < -0.4 is 5.32 Å². The van der Waals surface area contributed by atoms with Crippen molar-refractivity contribution >= 4 is 104 Å². The standard InChI is InChI=1S/C19H32B11ClF2N4O/c20-15(21)6-14(33,7-16(22,23)37(15)12(38)8-1-2-11(32)10(31)3-8)19(29,30)36-18(27,28)13-34-4-9(5-35-13)17(24,25)26/h1-5,36H,6-7,20-30H2. The SMILES string of the molecule is BC(B)(B)c1cnc(C(B)(B)NC(B)(B)C2(F)CC(B)(B)N(C(=O)c3ccc(F)c(Cl)c3)C(B)(B)C2)nc1. The van der Waals surface area contributed by atoms with Gasteiger partial charge in [0.05, 0.1) is 28.6 Å². The van der Waals surface area contributed by atoms with E-state index in [1.807, 2.05) is 75.2 Å². The van der Waals surface area contributed by atoms with E-state index in [9.17, 15) is 9.18 Å². The molecular weight excluding hydrogens is 493 g/mol. The topological polar surface area (TPSA) is 58.1 Å². The molecule has 1 aliphatic heterocycles. The summed E-state index contributed by atoms with van der Waals surface area (Å²) in [5.74, 6) is -0.306. The molecule has 1 aromatic heterocycles. The zero-order valence-corrected chi connectivity index (χ0v) is 25.4. The second-order valence-corrected chi connectivity index (χ2v) is 14.5. The van der Waals surface area contributed by atoms with Gasteiger partial charge in [-0.2, -0.15) is 0 Å². The summed E-state index contributed by atoms with van der Waals surface area (Å²) in [4.78, 5) is 24.6. The Kier molecular flexibility index (Phi) is 8.11. The highest BCUT2D eigenvalue weighted by Crippen LogP contribution is 2.46. The van der Waals surface area contributed by atoms with Crippen LogP contribution in [0, 0.1) is 5.82 Å². The van der Waals surface area contributed by atoms with Crippen molar-refractivity contribution in [1.29, 1.82) is 0 Å². The van der Waals surface area contributed by atoms with Gasteiger partial charge >= 0.3 is 0 Å². The number of hydrogen-bond acceptors (Lipinski definition) is 4. The third-order valence-electron chi connectivity index (χ3n) is 7.83. The minimum absolute atomic E-state index is 0.0693. The Morgan fingerprint density at radius 1 is 0.974 bits per heavy atom. The lowest BCUT2D eigenvalue weighted by molar-refractivity contribution is -0.0113. The van der Waals surface area contributed by atoms with Gasteiger partial charge in [0.2, 0.25) is 0 Å². The molecule has 1 saturated heterocycles. The molecular formula is C19H32B11ClF2N4O. The molecule has 1 fully saturated rings. The number of carbonyl (C=O) groups is 1. The van der Waals surface area contributed by atoms with Crippen LogP contribution in [-0.4, -0.2) is 129 Å². The van der Waals surface area contributed by atoms with Crippen LogP contribution in [0.4, 0.5) is 8.78 Å². The Balaban J connectivity index is 1.91. The summed E-state index contributed by atoms with van der Waals surface area (Å²) >= 11 is 5.96. The maximum atomic E-state index is 17.3. The zero-order valence-electron chi connectivity index (χ0n) is 24.7. The molecule has 0 bridgehead atoms. The lowest BCUT2D eigenvalue weighted by atomic mass is 9.37. The number of halogens is 3. The second kappa shape index (κ2) is 9.90. The van der Waals surface area contributed by atoms with Crippen LogP contribution in [0.25, 0.3) is 0 Å². The molecule has 19 heteroatoms. The Labute approximate surface area is 240 Å². The highest BCUT2D eigenvalue weighted by Gasteiger charge is 2.59. The molecule has 1 aromatic carbocycles. The monoisotopic (exact) mass is 526 g/mol. The van der Waals surface area contributed by atoms with E-state index in [1.165, 1.54) is 18.2 Å². The van der Waals surface area contributed by atoms with E-state index in [1.54, 1.807) is 4.90 Å². The molecule has 188 valence electrons. The summed E-state index contributed by atoms with van der Waals surface area (Å²) in [6.07, 6.45) is 3.87. The van der Waals surface area contributed by atoms with E-state index < -0.39 is 32.8 Å². The summed E-state index contributed by atoms with van der Waals surface area (Å²) < 4.78 is 31.0. The van der Waals surface area contributed by atoms with Crippen LogP contribution >= 0.6 is 11.6 Å². The molecule has 0 spiro atoms. The first-order chi connectivity index (χ1) is 17.0. The Morgan fingerprint density at radius 3 is 1.92 bits per heavy atom. The van der Waals surface area contributed by atoms with E-state index in [0.717, 1.165) is 5.56 Å². The third kappa shape index (κ3) is 6.01. The molecule has 1 N–H and O–H groups in total. The molecule has 38 heavy (non-hydrogen) atoms. The lowest BCUT2D eigenvalue weighted by Gasteiger charge is -2.62. The zero-order chi connectivity index (χ0) is 29.1. The summed E-state index contributed by atoms with van der Waals surface area (Å²) in [7, 11) is 21.5. The highest BCUT2D eigenvalue weighted by atomic mass is 35.5. The van der Waals surface area contributed by atoms with Crippen LogP contribution in [0.15, 0.2) is 30.6 Å². The van der Waals surface area contributed by atoms with E-state index in [4.69, 9.17) is 11.6 Å². The molecule has 1 amide bonds. The van der Waals surface area contributed by atoms with Crippen LogP contribution in [-0.2, 0) is 10.5 Å². The quantitative estimate of drug-likeness (QED) is 0.382. The fourth-order valence-corrected chi connectivity index (χ4v) is 6.33. The first-order valence-electron chi connectivity index (χ1n) is 13.1. The van der Waals surface area contributed by atoms with Crippen molar-refractivity contribution in [1.82, 2.24) is 20.2 Å². The van der Waals surface area contributed by atoms with E-state index in [-0.39, 0.29) is 34.4 Å². The number of likely N-dealkylation sites (tertiary alicyclic amines) is 1. The van der Waals surface area contributed by atoms with Crippen molar-refractivity contribution in [2.75, 3.05) is 0 Å². The fraction of sp³-hybridized carbons (Fsp3) is 0.421. The van der Waals surface area contributed by atoms with Crippen molar-refractivity contribution in [2.24, 2.45) is 0 Å². The van der Waals surface area contributed by atoms with Crippen molar-refractivity contribution in [2.45, 2.75) is 45.0 Å². The molecule has 5 nitrogen and oxygen atoms in total. The number of piperidine rings is 1. The second-order valence-electron chi connectivity index (χ2n) is 14.1. The van der Waals surface area contributed by atoms with Crippen LogP contribution in [0.5, 0.6) is 0 Å². The Hall–Kier alpha value is -1.41. The Bertz CT molecular complexity index is 1210. The summed E-state index contributed by atoms with van der Waals surface area (Å²) in [5, 5.41) is -0.0680. The van der Waals surface area contributed by atoms with Crippen LogP contribution in [0.1, 0.15) is 34.6 Å². The number of alkyl halides is 1. The minimum atomic E-state index is -1.68. The number of rotatable bonds is 6. The van der Waals surface area contributed by atoms with Gasteiger partial charge in [-0.15, -0.1) is 0 Å². The maximum absolute atomic E-state index is 17.3. The number of hydrogen-bond donors (Lipinski definition) is 1. The number of aromatic nitrogens is 2. The van der Waals surface area contributed by atoms with Gasteiger partial charge in [-0.3, -0.25) is 4.79 Å². The number of nitrogens with zero attached hydrogens (tertiary/aromatic N) is 3. The highest BCUT2D eigenvalue weighted by molar-refractivity contribution is 6.58. The summed E-state index contributed by atoms with van der Waals surface area (Å²) in [5.41, 5.74) is -0.376. The number of benzene rings is 1. The fourth-order valence-electron chi connectivity index (χ4n) is 6.15. The summed E-state index contributed by atoms with van der Waals surface area (Å²) in [6.45, 7) is 0. The van der Waals surface area contributed by atoms with Crippen molar-refractivity contribution < 1.29 is 13.6 Å². The number of carbonyl (C=O) groups excluding carboxylic acids is 1. The van der Waals surface area contributed by atoms with Crippen molar-refractivity contribution in [3.8, 4) is 0 Å². The predicted molar refractivity (Wildman–Crippen MR) is 181 cm³/mol. The molecule has 2 heterocycles. The molecule has 1 aliphatic rings. The van der Waals surface area contributed by atoms with Gasteiger partial charge in [0.1, 0.15) is 80.1 Å². The molecule has 0 saturated carbocycles. The predicted octanol–water partition coefficient (Wildman–Crippen LogP) is -8.35. The first-order valence-corrected chi connectivity index (χ1v) is 13.5. The number of nitrogens with one attached hydrogen (secondary N) is 1. The first kappa shape index (κ1) is 31.1. The minimum Gasteiger partial charge on any atom is -0.359 e. The van der Waals surface area contributed by atoms with Gasteiger partial charge in [-0.25, -0.2) is 18.7 Å². The average Bonchev–Trinajstić information content (AvgIpc) is 2.72. The molecule has 0 unspecified atom stereocenters. The molecule has 0 radical (unpaired) electrons. The van der Waals surface area contributed by atoms with Gasteiger partial charge in [0, 0.05) is 23.3 Å². The van der Waals surface area contributed by atoms with Crippen LogP contribution in [0.3, 0.4) is 0 Å².